The fraction of sp³-hybridized carbons (Fsp3) is 0. The Balaban J connectivity index is 1.09. The average Bonchev–Trinajstić information content (AvgIpc) is 4.10. The lowest BCUT2D eigenvalue weighted by molar-refractivity contribution is 0.668. The highest BCUT2D eigenvalue weighted by Gasteiger charge is 2.44. The summed E-state index contributed by atoms with van der Waals surface area (Å²) in [5.41, 5.74) is 17.5. The maximum atomic E-state index is 6.65. The van der Waals surface area contributed by atoms with E-state index in [4.69, 9.17) is 13.3 Å². The second-order valence-corrected chi connectivity index (χ2v) is 17.4. The van der Waals surface area contributed by atoms with E-state index in [1.807, 2.05) is 23.5 Å². The highest BCUT2D eigenvalue weighted by molar-refractivity contribution is 7.26. The van der Waals surface area contributed by atoms with Gasteiger partial charge in [-0.25, -0.2) is 0 Å². The van der Waals surface area contributed by atoms with E-state index in [0.717, 1.165) is 77.2 Å². The van der Waals surface area contributed by atoms with Gasteiger partial charge in [-0.05, 0) is 112 Å². The van der Waals surface area contributed by atoms with Gasteiger partial charge in [-0.2, -0.15) is 0 Å². The van der Waals surface area contributed by atoms with E-state index in [9.17, 15) is 0 Å². The number of hydrogen-bond acceptors (Lipinski definition) is 5. The zero-order valence-corrected chi connectivity index (χ0v) is 32.6. The van der Waals surface area contributed by atoms with E-state index in [-0.39, 0.29) is 6.71 Å². The number of furan rings is 3. The van der Waals surface area contributed by atoms with Crippen molar-refractivity contribution < 1.29 is 13.3 Å². The van der Waals surface area contributed by atoms with Crippen LogP contribution in [0.15, 0.2) is 183 Å². The standard InChI is InChI=1S/C54H28BNO3S/c1-5-16-46-32(10-1)38-24-30(20-21-49(38)57-46)56-44-26-40-34-12-3-7-18-48(34)59-51(40)28-43(44)55-42-27-50-39(33-11-2-6-17-47(33)58-50)25-37(42)41-22-29(23-45(56)53(41)55)31-14-9-15-36-35-13-4-8-19-52(35)60-54(31)36/h1-28H. The molecular formula is C54H28BNO3S. The average molecular weight is 782 g/mol. The van der Waals surface area contributed by atoms with Gasteiger partial charge in [0.1, 0.15) is 33.5 Å². The monoisotopic (exact) mass is 781 g/mol. The van der Waals surface area contributed by atoms with Gasteiger partial charge in [0.2, 0.25) is 6.71 Å². The first-order chi connectivity index (χ1) is 29.7. The predicted molar refractivity (Wildman–Crippen MR) is 251 cm³/mol. The van der Waals surface area contributed by atoms with Crippen LogP contribution in [0.25, 0.3) is 108 Å². The van der Waals surface area contributed by atoms with Crippen LogP contribution >= 0.6 is 11.3 Å². The topological polar surface area (TPSA) is 42.7 Å². The lowest BCUT2D eigenvalue weighted by atomic mass is 9.37. The molecule has 0 spiro atoms. The van der Waals surface area contributed by atoms with Crippen LogP contribution in [0.3, 0.4) is 0 Å². The van der Waals surface area contributed by atoms with Gasteiger partial charge in [0.25, 0.3) is 0 Å². The summed E-state index contributed by atoms with van der Waals surface area (Å²) in [6.45, 7) is -0.0425. The Morgan fingerprint density at radius 2 is 0.983 bits per heavy atom. The highest BCUT2D eigenvalue weighted by Crippen LogP contribution is 2.48. The van der Waals surface area contributed by atoms with Gasteiger partial charge in [0.15, 0.2) is 0 Å². The number of fused-ring (bicyclic) bond motifs is 17. The molecule has 6 heterocycles. The molecule has 4 aromatic heterocycles. The number of anilines is 3. The van der Waals surface area contributed by atoms with Gasteiger partial charge in [0, 0.05) is 69.6 Å². The van der Waals surface area contributed by atoms with Gasteiger partial charge < -0.3 is 18.2 Å². The summed E-state index contributed by atoms with van der Waals surface area (Å²) in [6, 6.07) is 61.7. The summed E-state index contributed by atoms with van der Waals surface area (Å²) in [5.74, 6) is 0. The van der Waals surface area contributed by atoms with Gasteiger partial charge in [-0.1, -0.05) is 96.5 Å². The normalized spacial score (nSPS) is 13.3. The Morgan fingerprint density at radius 3 is 1.73 bits per heavy atom. The van der Waals surface area contributed by atoms with Gasteiger partial charge in [-0.3, -0.25) is 0 Å². The zero-order chi connectivity index (χ0) is 38.8. The minimum Gasteiger partial charge on any atom is -0.456 e. The molecule has 0 saturated heterocycles. The minimum atomic E-state index is -0.0425. The first-order valence-electron chi connectivity index (χ1n) is 20.4. The molecule has 15 rings (SSSR count). The quantitative estimate of drug-likeness (QED) is 0.164. The first-order valence-corrected chi connectivity index (χ1v) is 21.2. The Labute approximate surface area is 346 Å². The molecule has 0 radical (unpaired) electrons. The molecule has 0 bridgehead atoms. The SMILES string of the molecule is c1ccc2c(c1)oc1ccc(N3c4cc5c(cc4B4c6cc7oc8ccccc8c7cc6-c6cc(-c7cccc8c7sc7ccccc78)cc3c64)oc3ccccc35)cc12. The number of benzene rings is 9. The largest absolute Gasteiger partial charge is 0.456 e. The summed E-state index contributed by atoms with van der Waals surface area (Å²) in [5, 5.41) is 9.28. The Hall–Kier alpha value is -7.54. The number of nitrogens with zero attached hydrogens (tertiary/aromatic N) is 1. The fourth-order valence-corrected chi connectivity index (χ4v) is 11.9. The number of para-hydroxylation sites is 3. The summed E-state index contributed by atoms with van der Waals surface area (Å²) < 4.78 is 22.2. The van der Waals surface area contributed by atoms with E-state index >= 15 is 0 Å². The smallest absolute Gasteiger partial charge is 0.248 e. The van der Waals surface area contributed by atoms with Crippen LogP contribution in [0.1, 0.15) is 0 Å². The molecule has 0 aliphatic carbocycles. The van der Waals surface area contributed by atoms with E-state index in [2.05, 4.69) is 163 Å². The first kappa shape index (κ1) is 31.5. The summed E-state index contributed by atoms with van der Waals surface area (Å²) in [7, 11) is 0. The third kappa shape index (κ3) is 4.01. The van der Waals surface area contributed by atoms with Crippen LogP contribution < -0.4 is 21.3 Å². The molecule has 60 heavy (non-hydrogen) atoms. The molecular weight excluding hydrogens is 753 g/mol. The maximum Gasteiger partial charge on any atom is 0.248 e. The molecule has 276 valence electrons. The molecule has 0 unspecified atom stereocenters. The number of hydrogen-bond donors (Lipinski definition) is 0. The van der Waals surface area contributed by atoms with Crippen molar-refractivity contribution in [3.05, 3.63) is 170 Å². The van der Waals surface area contributed by atoms with Crippen LogP contribution in [-0.4, -0.2) is 6.71 Å². The van der Waals surface area contributed by atoms with E-state index in [0.29, 0.717) is 0 Å². The van der Waals surface area contributed by atoms with Gasteiger partial charge >= 0.3 is 0 Å². The molecule has 0 saturated carbocycles. The van der Waals surface area contributed by atoms with Crippen molar-refractivity contribution in [2.45, 2.75) is 0 Å². The fourth-order valence-electron chi connectivity index (χ4n) is 10.7. The second-order valence-electron chi connectivity index (χ2n) is 16.3. The molecule has 9 aromatic carbocycles. The molecule has 2 aliphatic rings. The maximum absolute atomic E-state index is 6.65. The molecule has 4 nitrogen and oxygen atoms in total. The lowest BCUT2D eigenvalue weighted by Crippen LogP contribution is -2.54. The van der Waals surface area contributed by atoms with Crippen LogP contribution in [-0.2, 0) is 0 Å². The molecule has 0 N–H and O–H groups in total. The van der Waals surface area contributed by atoms with Crippen molar-refractivity contribution in [3.63, 3.8) is 0 Å². The molecule has 2 aliphatic heterocycles. The lowest BCUT2D eigenvalue weighted by Gasteiger charge is -2.36. The van der Waals surface area contributed by atoms with E-state index in [1.165, 1.54) is 64.5 Å². The van der Waals surface area contributed by atoms with Crippen molar-refractivity contribution in [1.29, 1.82) is 0 Å². The van der Waals surface area contributed by atoms with Crippen LogP contribution in [0.4, 0.5) is 17.1 Å². The third-order valence-corrected chi connectivity index (χ3v) is 14.5. The third-order valence-electron chi connectivity index (χ3n) is 13.2. The van der Waals surface area contributed by atoms with Crippen LogP contribution in [0.2, 0.25) is 0 Å². The zero-order valence-electron chi connectivity index (χ0n) is 31.8. The predicted octanol–water partition coefficient (Wildman–Crippen LogP) is 13.7. The second kappa shape index (κ2) is 11.1. The van der Waals surface area contributed by atoms with Gasteiger partial charge in [-0.15, -0.1) is 11.3 Å². The minimum absolute atomic E-state index is 0.0425. The van der Waals surface area contributed by atoms with Crippen molar-refractivity contribution >= 4 is 137 Å². The van der Waals surface area contributed by atoms with Crippen LogP contribution in [0, 0.1) is 0 Å². The Kier molecular flexibility index (Phi) is 5.84. The van der Waals surface area contributed by atoms with Crippen LogP contribution in [0.5, 0.6) is 0 Å². The summed E-state index contributed by atoms with van der Waals surface area (Å²) in [6.07, 6.45) is 0. The molecule has 0 atom stereocenters. The van der Waals surface area contributed by atoms with E-state index < -0.39 is 0 Å². The Morgan fingerprint density at radius 1 is 0.383 bits per heavy atom. The molecule has 13 aromatic rings. The van der Waals surface area contributed by atoms with Crippen molar-refractivity contribution in [1.82, 2.24) is 0 Å². The van der Waals surface area contributed by atoms with E-state index in [1.54, 1.807) is 0 Å². The van der Waals surface area contributed by atoms with Gasteiger partial charge in [0.05, 0.1) is 0 Å². The highest BCUT2D eigenvalue weighted by atomic mass is 32.1. The Bertz CT molecular complexity index is 4050. The number of rotatable bonds is 2. The number of thiophene rings is 1. The molecule has 0 fully saturated rings. The molecule has 0 amide bonds. The van der Waals surface area contributed by atoms with Crippen molar-refractivity contribution in [3.8, 4) is 22.3 Å². The molecule has 6 heteroatoms. The van der Waals surface area contributed by atoms with Crippen molar-refractivity contribution in [2.24, 2.45) is 0 Å². The van der Waals surface area contributed by atoms with Crippen molar-refractivity contribution in [2.75, 3.05) is 4.90 Å². The summed E-state index contributed by atoms with van der Waals surface area (Å²) in [4.78, 5) is 2.51. The summed E-state index contributed by atoms with van der Waals surface area (Å²) >= 11 is 1.88.